The van der Waals surface area contributed by atoms with Gasteiger partial charge in [0, 0.05) is 16.8 Å². The molecule has 1 amide bonds. The number of halogens is 1. The highest BCUT2D eigenvalue weighted by Crippen LogP contribution is 2.11. The van der Waals surface area contributed by atoms with Crippen molar-refractivity contribution in [3.05, 3.63) is 46.6 Å². The Kier molecular flexibility index (Phi) is 6.59. The third-order valence-corrected chi connectivity index (χ3v) is 2.41. The molecule has 1 aromatic carbocycles. The molecule has 0 atom stereocenters. The molecule has 5 nitrogen and oxygen atoms in total. The third-order valence-electron chi connectivity index (χ3n) is 2.18. The van der Waals surface area contributed by atoms with Crippen LogP contribution in [0.3, 0.4) is 0 Å². The van der Waals surface area contributed by atoms with Gasteiger partial charge in [-0.15, -0.1) is 0 Å². The van der Waals surface area contributed by atoms with Crippen LogP contribution in [-0.4, -0.2) is 18.7 Å². The number of rotatable bonds is 5. The summed E-state index contributed by atoms with van der Waals surface area (Å²) in [4.78, 5) is 22.6. The normalized spacial score (nSPS) is 10.8. The minimum absolute atomic E-state index is 0.0963. The topological polar surface area (TPSA) is 64.6 Å². The number of benzene rings is 1. The van der Waals surface area contributed by atoms with Crippen LogP contribution < -0.4 is 5.32 Å². The molecule has 0 radical (unpaired) electrons. The molecule has 6 heteroatoms. The Morgan fingerprint density at radius 1 is 1.35 bits per heavy atom. The van der Waals surface area contributed by atoms with Gasteiger partial charge in [-0.1, -0.05) is 23.7 Å². The van der Waals surface area contributed by atoms with Gasteiger partial charge in [-0.3, -0.25) is 5.32 Å². The summed E-state index contributed by atoms with van der Waals surface area (Å²) < 4.78 is 9.71. The van der Waals surface area contributed by atoms with Gasteiger partial charge in [-0.25, -0.2) is 9.59 Å². The van der Waals surface area contributed by atoms with Crippen LogP contribution in [0.5, 0.6) is 0 Å². The molecule has 0 bridgehead atoms. The van der Waals surface area contributed by atoms with Gasteiger partial charge in [-0.2, -0.15) is 0 Å². The second-order valence-electron chi connectivity index (χ2n) is 3.91. The van der Waals surface area contributed by atoms with Crippen LogP contribution in [0.15, 0.2) is 36.0 Å². The van der Waals surface area contributed by atoms with Crippen LogP contribution in [0.1, 0.15) is 19.4 Å². The van der Waals surface area contributed by atoms with E-state index in [9.17, 15) is 9.59 Å². The smallest absolute Gasteiger partial charge is 0.411 e. The number of carbonyl (C=O) groups excluding carboxylic acids is 2. The fraction of sp³-hybridized carbons (Fsp3) is 0.286. The van der Waals surface area contributed by atoms with Crippen molar-refractivity contribution >= 4 is 23.7 Å². The number of ether oxygens (including phenoxy) is 2. The summed E-state index contributed by atoms with van der Waals surface area (Å²) in [5.41, 5.74) is 1.12. The van der Waals surface area contributed by atoms with E-state index in [1.54, 1.807) is 38.1 Å². The molecule has 0 spiro atoms. The number of amides is 1. The molecule has 20 heavy (non-hydrogen) atoms. The molecule has 108 valence electrons. The van der Waals surface area contributed by atoms with Crippen molar-refractivity contribution < 1.29 is 19.1 Å². The summed E-state index contributed by atoms with van der Waals surface area (Å²) in [6, 6.07) is 7.00. The molecule has 0 heterocycles. The van der Waals surface area contributed by atoms with Gasteiger partial charge in [0.25, 0.3) is 0 Å². The van der Waals surface area contributed by atoms with Gasteiger partial charge in [0.1, 0.15) is 6.61 Å². The second-order valence-corrected chi connectivity index (χ2v) is 4.35. The summed E-state index contributed by atoms with van der Waals surface area (Å²) in [7, 11) is 0. The average molecular weight is 298 g/mol. The molecule has 0 saturated heterocycles. The lowest BCUT2D eigenvalue weighted by Gasteiger charge is -2.07. The molecule has 1 rings (SSSR count). The van der Waals surface area contributed by atoms with Crippen LogP contribution in [0.2, 0.25) is 5.02 Å². The Morgan fingerprint density at radius 2 is 2.10 bits per heavy atom. The Balaban J connectivity index is 2.42. The molecule has 1 aromatic rings. The number of hydrogen-bond donors (Lipinski definition) is 1. The van der Waals surface area contributed by atoms with Crippen LogP contribution in [0, 0.1) is 0 Å². The summed E-state index contributed by atoms with van der Waals surface area (Å²) in [6.45, 7) is 3.65. The highest BCUT2D eigenvalue weighted by Gasteiger charge is 2.05. The summed E-state index contributed by atoms with van der Waals surface area (Å²) in [5, 5.41) is 2.99. The van der Waals surface area contributed by atoms with E-state index in [0.717, 1.165) is 5.56 Å². The van der Waals surface area contributed by atoms with Crippen LogP contribution in [0.25, 0.3) is 0 Å². The number of alkyl carbamates (subject to hydrolysis) is 1. The monoisotopic (exact) mass is 297 g/mol. The number of esters is 1. The van der Waals surface area contributed by atoms with Gasteiger partial charge >= 0.3 is 12.1 Å². The molecular weight excluding hydrogens is 282 g/mol. The number of carbonyl (C=O) groups is 2. The average Bonchev–Trinajstić information content (AvgIpc) is 2.36. The molecular formula is C14H16ClNO4. The van der Waals surface area contributed by atoms with E-state index < -0.39 is 12.1 Å². The number of hydrogen-bond acceptors (Lipinski definition) is 4. The van der Waals surface area contributed by atoms with Crippen molar-refractivity contribution in [2.75, 3.05) is 6.61 Å². The Hall–Kier alpha value is -2.01. The molecule has 0 fully saturated rings. The van der Waals surface area contributed by atoms with E-state index in [4.69, 9.17) is 21.1 Å². The van der Waals surface area contributed by atoms with Gasteiger partial charge in [0.2, 0.25) is 0 Å². The highest BCUT2D eigenvalue weighted by molar-refractivity contribution is 6.30. The van der Waals surface area contributed by atoms with Crippen molar-refractivity contribution in [3.63, 3.8) is 0 Å². The first-order chi connectivity index (χ1) is 9.51. The SMILES string of the molecule is CCOC(=O)/C=C(/C)NC(=O)OCc1cccc(Cl)c1. The Morgan fingerprint density at radius 3 is 2.75 bits per heavy atom. The molecule has 1 N–H and O–H groups in total. The molecule has 0 unspecified atom stereocenters. The molecule has 0 aliphatic carbocycles. The predicted octanol–water partition coefficient (Wildman–Crippen LogP) is 3.03. The quantitative estimate of drug-likeness (QED) is 0.670. The maximum Gasteiger partial charge on any atom is 0.411 e. The third kappa shape index (κ3) is 6.24. The van der Waals surface area contributed by atoms with E-state index >= 15 is 0 Å². The molecule has 0 aliphatic heterocycles. The van der Waals surface area contributed by atoms with Gasteiger partial charge in [0.05, 0.1) is 6.61 Å². The van der Waals surface area contributed by atoms with Crippen LogP contribution >= 0.6 is 11.6 Å². The maximum atomic E-state index is 11.5. The fourth-order valence-corrected chi connectivity index (χ4v) is 1.58. The van der Waals surface area contributed by atoms with Crippen molar-refractivity contribution in [2.45, 2.75) is 20.5 Å². The lowest BCUT2D eigenvalue weighted by atomic mass is 10.2. The first-order valence-electron chi connectivity index (χ1n) is 6.04. The Bertz CT molecular complexity index is 514. The largest absolute Gasteiger partial charge is 0.463 e. The summed E-state index contributed by atoms with van der Waals surface area (Å²) in [5.74, 6) is -0.514. The maximum absolute atomic E-state index is 11.5. The first kappa shape index (κ1) is 16.0. The second kappa shape index (κ2) is 8.22. The lowest BCUT2D eigenvalue weighted by molar-refractivity contribution is -0.137. The summed E-state index contributed by atoms with van der Waals surface area (Å²) in [6.07, 6.45) is 0.535. The number of nitrogens with one attached hydrogen (secondary N) is 1. The van der Waals surface area contributed by atoms with Gasteiger partial charge in [-0.05, 0) is 31.5 Å². The van der Waals surface area contributed by atoms with E-state index in [1.807, 2.05) is 0 Å². The van der Waals surface area contributed by atoms with Crippen molar-refractivity contribution in [1.82, 2.24) is 5.32 Å². The zero-order chi connectivity index (χ0) is 15.0. The predicted molar refractivity (Wildman–Crippen MR) is 75.2 cm³/mol. The fourth-order valence-electron chi connectivity index (χ4n) is 1.37. The van der Waals surface area contributed by atoms with Crippen molar-refractivity contribution in [2.24, 2.45) is 0 Å². The molecule has 0 saturated carbocycles. The zero-order valence-corrected chi connectivity index (χ0v) is 12.1. The van der Waals surface area contributed by atoms with Crippen molar-refractivity contribution in [3.8, 4) is 0 Å². The van der Waals surface area contributed by atoms with Crippen molar-refractivity contribution in [1.29, 1.82) is 0 Å². The van der Waals surface area contributed by atoms with Gasteiger partial charge in [0.15, 0.2) is 0 Å². The molecule has 0 aliphatic rings. The van der Waals surface area contributed by atoms with E-state index in [-0.39, 0.29) is 13.2 Å². The van der Waals surface area contributed by atoms with Crippen LogP contribution in [0.4, 0.5) is 4.79 Å². The Labute approximate surface area is 122 Å². The van der Waals surface area contributed by atoms with E-state index in [0.29, 0.717) is 10.7 Å². The standard InChI is InChI=1S/C14H16ClNO4/c1-3-19-13(17)7-10(2)16-14(18)20-9-11-5-4-6-12(15)8-11/h4-8H,3,9H2,1-2H3,(H,16,18)/b10-7-. The molecule has 0 aromatic heterocycles. The lowest BCUT2D eigenvalue weighted by Crippen LogP contribution is -2.23. The zero-order valence-electron chi connectivity index (χ0n) is 11.3. The van der Waals surface area contributed by atoms with Crippen LogP contribution in [-0.2, 0) is 20.9 Å². The minimum atomic E-state index is -0.650. The first-order valence-corrected chi connectivity index (χ1v) is 6.42. The van der Waals surface area contributed by atoms with E-state index in [2.05, 4.69) is 5.32 Å². The van der Waals surface area contributed by atoms with E-state index in [1.165, 1.54) is 6.08 Å². The number of allylic oxidation sites excluding steroid dienone is 1. The van der Waals surface area contributed by atoms with Gasteiger partial charge < -0.3 is 9.47 Å². The highest BCUT2D eigenvalue weighted by atomic mass is 35.5. The minimum Gasteiger partial charge on any atom is -0.463 e. The summed E-state index contributed by atoms with van der Waals surface area (Å²) >= 11 is 5.81.